The second-order valence-electron chi connectivity index (χ2n) is 3.03. The second kappa shape index (κ2) is 6.09. The molecule has 1 rings (SSSR count). The molecule has 6 nitrogen and oxygen atoms in total. The molecule has 1 heterocycles. The van der Waals surface area contributed by atoms with Crippen molar-refractivity contribution in [3.05, 3.63) is 26.5 Å². The van der Waals surface area contributed by atoms with E-state index in [1.807, 2.05) is 12.3 Å². The number of rotatable bonds is 5. The summed E-state index contributed by atoms with van der Waals surface area (Å²) in [6.45, 7) is 3.85. The Bertz CT molecular complexity index is 411. The molecule has 0 saturated heterocycles. The minimum atomic E-state index is -0.827. The van der Waals surface area contributed by atoms with Crippen molar-refractivity contribution in [2.75, 3.05) is 6.61 Å². The first kappa shape index (κ1) is 12.5. The third-order valence-electron chi connectivity index (χ3n) is 1.82. The third-order valence-corrected chi connectivity index (χ3v) is 2.64. The van der Waals surface area contributed by atoms with Gasteiger partial charge < -0.3 is 4.74 Å². The van der Waals surface area contributed by atoms with Gasteiger partial charge in [0.25, 0.3) is 0 Å². The van der Waals surface area contributed by atoms with Gasteiger partial charge in [-0.05, 0) is 19.4 Å². The van der Waals surface area contributed by atoms with E-state index in [0.717, 1.165) is 10.7 Å². The van der Waals surface area contributed by atoms with Crippen LogP contribution in [0.5, 0.6) is 0 Å². The lowest BCUT2D eigenvalue weighted by Gasteiger charge is -2.07. The van der Waals surface area contributed by atoms with E-state index in [0.29, 0.717) is 0 Å². The number of aryl methyl sites for hydroxylation is 1. The molecular weight excluding hydrogens is 228 g/mol. The van der Waals surface area contributed by atoms with Gasteiger partial charge in [-0.25, -0.2) is 4.98 Å². The zero-order valence-corrected chi connectivity index (χ0v) is 9.90. The number of carbonyl (C=O) groups excluding carboxylic acids is 1. The molecule has 0 N–H and O–H groups in total. The second-order valence-corrected chi connectivity index (χ2v) is 4.10. The molecule has 0 fully saturated rings. The third kappa shape index (κ3) is 3.52. The summed E-state index contributed by atoms with van der Waals surface area (Å²) < 4.78 is 4.81. The molecule has 0 aliphatic carbocycles. The average molecular weight is 240 g/mol. The summed E-state index contributed by atoms with van der Waals surface area (Å²) in [6, 6.07) is -0.827. The summed E-state index contributed by atoms with van der Waals surface area (Å²) in [6.07, 6.45) is 0.285. The van der Waals surface area contributed by atoms with Gasteiger partial charge in [-0.2, -0.15) is 0 Å². The molecular formula is C9H12N4O2S. The maximum Gasteiger partial charge on any atom is 0.315 e. The number of thiazole rings is 1. The van der Waals surface area contributed by atoms with Crippen LogP contribution in [0.3, 0.4) is 0 Å². The van der Waals surface area contributed by atoms with Crippen LogP contribution in [0.15, 0.2) is 10.5 Å². The van der Waals surface area contributed by atoms with Gasteiger partial charge in [0.15, 0.2) is 0 Å². The lowest BCUT2D eigenvalue weighted by molar-refractivity contribution is -0.144. The van der Waals surface area contributed by atoms with Crippen molar-refractivity contribution in [3.8, 4) is 0 Å². The van der Waals surface area contributed by atoms with Crippen molar-refractivity contribution in [2.24, 2.45) is 5.11 Å². The van der Waals surface area contributed by atoms with Crippen LogP contribution in [-0.2, 0) is 16.0 Å². The summed E-state index contributed by atoms with van der Waals surface area (Å²) in [7, 11) is 0. The highest BCUT2D eigenvalue weighted by atomic mass is 32.1. The Morgan fingerprint density at radius 1 is 1.81 bits per heavy atom. The molecule has 0 aliphatic rings. The number of hydrogen-bond donors (Lipinski definition) is 0. The smallest absolute Gasteiger partial charge is 0.315 e. The van der Waals surface area contributed by atoms with E-state index >= 15 is 0 Å². The summed E-state index contributed by atoms with van der Waals surface area (Å²) >= 11 is 1.49. The van der Waals surface area contributed by atoms with Crippen LogP contribution in [0.25, 0.3) is 10.4 Å². The molecule has 0 aromatic carbocycles. The summed E-state index contributed by atoms with van der Waals surface area (Å²) in [5, 5.41) is 6.17. The van der Waals surface area contributed by atoms with Gasteiger partial charge in [0.05, 0.1) is 17.3 Å². The summed E-state index contributed by atoms with van der Waals surface area (Å²) in [5.74, 6) is -0.508. The number of azide groups is 1. The number of nitrogens with zero attached hydrogens (tertiary/aromatic N) is 4. The molecule has 1 aromatic heterocycles. The molecule has 7 heteroatoms. The predicted molar refractivity (Wildman–Crippen MR) is 60.1 cm³/mol. The van der Waals surface area contributed by atoms with Gasteiger partial charge in [-0.3, -0.25) is 4.79 Å². The van der Waals surface area contributed by atoms with Crippen molar-refractivity contribution < 1.29 is 9.53 Å². The molecule has 0 saturated carbocycles. The van der Waals surface area contributed by atoms with Gasteiger partial charge in [-0.1, -0.05) is 5.11 Å². The van der Waals surface area contributed by atoms with Crippen LogP contribution in [0, 0.1) is 6.92 Å². The number of ether oxygens (including phenoxy) is 1. The highest BCUT2D eigenvalue weighted by Crippen LogP contribution is 2.12. The van der Waals surface area contributed by atoms with Crippen molar-refractivity contribution in [1.29, 1.82) is 0 Å². The highest BCUT2D eigenvalue weighted by molar-refractivity contribution is 7.09. The molecule has 16 heavy (non-hydrogen) atoms. The SMILES string of the molecule is CCOC(=O)C(Cc1csc(C)n1)N=[N+]=[N-]. The minimum Gasteiger partial charge on any atom is -0.466 e. The highest BCUT2D eigenvalue weighted by Gasteiger charge is 2.19. The largest absolute Gasteiger partial charge is 0.466 e. The maximum absolute atomic E-state index is 11.4. The fraction of sp³-hybridized carbons (Fsp3) is 0.556. The summed E-state index contributed by atoms with van der Waals surface area (Å²) in [4.78, 5) is 18.3. The van der Waals surface area contributed by atoms with Crippen molar-refractivity contribution in [1.82, 2.24) is 4.98 Å². The Morgan fingerprint density at radius 2 is 2.56 bits per heavy atom. The van der Waals surface area contributed by atoms with Gasteiger partial charge in [0.2, 0.25) is 0 Å². The first-order valence-electron chi connectivity index (χ1n) is 4.79. The standard InChI is InChI=1S/C9H12N4O2S/c1-3-15-9(14)8(12-13-10)4-7-5-16-6(2)11-7/h5,8H,3-4H2,1-2H3. The number of carbonyl (C=O) groups is 1. The lowest BCUT2D eigenvalue weighted by atomic mass is 10.2. The van der Waals surface area contributed by atoms with E-state index in [1.54, 1.807) is 6.92 Å². The Labute approximate surface area is 96.9 Å². The van der Waals surface area contributed by atoms with E-state index in [2.05, 4.69) is 15.0 Å². The van der Waals surface area contributed by atoms with Crippen molar-refractivity contribution >= 4 is 17.3 Å². The number of aromatic nitrogens is 1. The molecule has 1 atom stereocenters. The summed E-state index contributed by atoms with van der Waals surface area (Å²) in [5.41, 5.74) is 9.11. The Morgan fingerprint density at radius 3 is 3.06 bits per heavy atom. The van der Waals surface area contributed by atoms with Crippen LogP contribution in [0.1, 0.15) is 17.6 Å². The topological polar surface area (TPSA) is 88.0 Å². The molecule has 0 bridgehead atoms. The molecule has 1 aromatic rings. The number of hydrogen-bond acceptors (Lipinski definition) is 5. The van der Waals surface area contributed by atoms with Gasteiger partial charge in [0, 0.05) is 16.7 Å². The normalized spacial score (nSPS) is 11.6. The van der Waals surface area contributed by atoms with Crippen LogP contribution in [-0.4, -0.2) is 23.6 Å². The van der Waals surface area contributed by atoms with Crippen LogP contribution in [0.4, 0.5) is 0 Å². The first-order valence-corrected chi connectivity index (χ1v) is 5.67. The molecule has 0 aliphatic heterocycles. The molecule has 0 amide bonds. The molecule has 0 radical (unpaired) electrons. The van der Waals surface area contributed by atoms with Crippen molar-refractivity contribution in [2.45, 2.75) is 26.3 Å². The zero-order valence-electron chi connectivity index (χ0n) is 9.08. The lowest BCUT2D eigenvalue weighted by Crippen LogP contribution is -2.23. The van der Waals surface area contributed by atoms with Gasteiger partial charge in [-0.15, -0.1) is 11.3 Å². The molecule has 86 valence electrons. The average Bonchev–Trinajstić information content (AvgIpc) is 2.64. The van der Waals surface area contributed by atoms with E-state index in [1.165, 1.54) is 11.3 Å². The van der Waals surface area contributed by atoms with Gasteiger partial charge >= 0.3 is 5.97 Å². The predicted octanol–water partition coefficient (Wildman–Crippen LogP) is 2.24. The van der Waals surface area contributed by atoms with Crippen LogP contribution < -0.4 is 0 Å². The first-order chi connectivity index (χ1) is 7.67. The fourth-order valence-corrected chi connectivity index (χ4v) is 1.80. The molecule has 0 spiro atoms. The fourth-order valence-electron chi connectivity index (χ4n) is 1.17. The van der Waals surface area contributed by atoms with Crippen LogP contribution >= 0.6 is 11.3 Å². The Balaban J connectivity index is 2.71. The Hall–Kier alpha value is -1.59. The van der Waals surface area contributed by atoms with E-state index in [9.17, 15) is 4.79 Å². The zero-order chi connectivity index (χ0) is 12.0. The molecule has 1 unspecified atom stereocenters. The van der Waals surface area contributed by atoms with Crippen LogP contribution in [0.2, 0.25) is 0 Å². The monoisotopic (exact) mass is 240 g/mol. The quantitative estimate of drug-likeness (QED) is 0.342. The van der Waals surface area contributed by atoms with E-state index < -0.39 is 12.0 Å². The van der Waals surface area contributed by atoms with Gasteiger partial charge in [0.1, 0.15) is 6.04 Å². The minimum absolute atomic E-state index is 0.270. The Kier molecular flexibility index (Phi) is 4.75. The van der Waals surface area contributed by atoms with Crippen molar-refractivity contribution in [3.63, 3.8) is 0 Å². The maximum atomic E-state index is 11.4. The van der Waals surface area contributed by atoms with E-state index in [-0.39, 0.29) is 13.0 Å². The van der Waals surface area contributed by atoms with E-state index in [4.69, 9.17) is 10.3 Å². The number of esters is 1.